The maximum absolute atomic E-state index is 12.2. The topological polar surface area (TPSA) is 113 Å². The number of aliphatic hydroxyl groups excluding tert-OH is 2. The number of sulfonamides is 1. The first-order chi connectivity index (χ1) is 9.98. The van der Waals surface area contributed by atoms with Crippen molar-refractivity contribution in [3.63, 3.8) is 0 Å². The van der Waals surface area contributed by atoms with E-state index in [1.165, 1.54) is 0 Å². The molecule has 7 nitrogen and oxygen atoms in total. The van der Waals surface area contributed by atoms with Gasteiger partial charge in [-0.3, -0.25) is 4.79 Å². The van der Waals surface area contributed by atoms with Crippen LogP contribution in [0.1, 0.15) is 12.8 Å². The van der Waals surface area contributed by atoms with Gasteiger partial charge in [-0.25, -0.2) is 13.1 Å². The van der Waals surface area contributed by atoms with Crippen LogP contribution in [0.25, 0.3) is 0 Å². The van der Waals surface area contributed by atoms with Crippen molar-refractivity contribution >= 4 is 24.1 Å². The number of ether oxygens (including phenoxy) is 1. The van der Waals surface area contributed by atoms with E-state index in [1.54, 1.807) is 0 Å². The van der Waals surface area contributed by atoms with E-state index < -0.39 is 54.3 Å². The van der Waals surface area contributed by atoms with Crippen LogP contribution in [-0.2, 0) is 19.6 Å². The molecule has 2 rings (SSSR count). The molecule has 2 fully saturated rings. The second-order valence-electron chi connectivity index (χ2n) is 7.48. The summed E-state index contributed by atoms with van der Waals surface area (Å²) in [4.78, 5) is 12.0. The van der Waals surface area contributed by atoms with Crippen LogP contribution in [0.15, 0.2) is 0 Å². The summed E-state index contributed by atoms with van der Waals surface area (Å²) < 4.78 is 31.9. The Morgan fingerprint density at radius 2 is 1.91 bits per heavy atom. The monoisotopic (exact) mass is 351 g/mol. The van der Waals surface area contributed by atoms with Crippen molar-refractivity contribution in [1.29, 1.82) is 0 Å². The average Bonchev–Trinajstić information content (AvgIpc) is 2.37. The molecule has 1 heterocycles. The molecule has 0 aromatic heterocycles. The summed E-state index contributed by atoms with van der Waals surface area (Å²) in [7, 11) is -5.16. The summed E-state index contributed by atoms with van der Waals surface area (Å²) in [6.07, 6.45) is -2.00. The molecule has 0 amide bonds. The number of carbonyl (C=O) groups is 1. The number of fused-ring (bicyclic) bond motifs is 2. The molecule has 0 aromatic carbocycles. The van der Waals surface area contributed by atoms with Crippen LogP contribution in [0.3, 0.4) is 0 Å². The fraction of sp³-hybridized carbons (Fsp3) is 0.923. The molecule has 2 bridgehead atoms. The van der Waals surface area contributed by atoms with Crippen LogP contribution >= 0.6 is 0 Å². The highest BCUT2D eigenvalue weighted by molar-refractivity contribution is 7.89. The lowest BCUT2D eigenvalue weighted by Crippen LogP contribution is -2.61. The number of aliphatic hydroxyl groups is 2. The highest BCUT2D eigenvalue weighted by Crippen LogP contribution is 2.34. The van der Waals surface area contributed by atoms with E-state index in [9.17, 15) is 23.4 Å². The summed E-state index contributed by atoms with van der Waals surface area (Å²) in [5.41, 5.74) is 0. The summed E-state index contributed by atoms with van der Waals surface area (Å²) in [5.74, 6) is -1.35. The minimum Gasteiger partial charge on any atom is -0.461 e. The van der Waals surface area contributed by atoms with Crippen molar-refractivity contribution in [3.8, 4) is 0 Å². The van der Waals surface area contributed by atoms with Gasteiger partial charge >= 0.3 is 5.97 Å². The first-order valence-electron chi connectivity index (χ1n) is 7.55. The lowest BCUT2D eigenvalue weighted by molar-refractivity contribution is -0.181. The van der Waals surface area contributed by atoms with Crippen LogP contribution < -0.4 is 4.72 Å². The number of esters is 1. The predicted octanol–water partition coefficient (Wildman–Crippen LogP) is -0.330. The Labute approximate surface area is 132 Å². The van der Waals surface area contributed by atoms with Crippen molar-refractivity contribution in [2.45, 2.75) is 62.9 Å². The van der Waals surface area contributed by atoms with Gasteiger partial charge in [-0.1, -0.05) is 19.6 Å². The highest BCUT2D eigenvalue weighted by Gasteiger charge is 2.49. The van der Waals surface area contributed by atoms with Gasteiger partial charge in [0.25, 0.3) is 0 Å². The molecule has 1 saturated carbocycles. The van der Waals surface area contributed by atoms with E-state index in [0.29, 0.717) is 12.5 Å². The van der Waals surface area contributed by atoms with E-state index >= 15 is 0 Å². The zero-order valence-corrected chi connectivity index (χ0v) is 15.0. The minimum atomic E-state index is -3.63. The Hall–Kier alpha value is -0.483. The number of hydrogen-bond donors (Lipinski definition) is 3. The number of hydrogen-bond acceptors (Lipinski definition) is 6. The van der Waals surface area contributed by atoms with Gasteiger partial charge in [0.05, 0.1) is 18.0 Å². The van der Waals surface area contributed by atoms with Gasteiger partial charge in [-0.05, 0) is 12.5 Å². The fourth-order valence-electron chi connectivity index (χ4n) is 2.90. The third kappa shape index (κ3) is 4.29. The maximum Gasteiger partial charge on any atom is 0.324 e. The summed E-state index contributed by atoms with van der Waals surface area (Å²) >= 11 is 0. The van der Waals surface area contributed by atoms with Gasteiger partial charge in [0.15, 0.2) is 0 Å². The van der Waals surface area contributed by atoms with Gasteiger partial charge in [0, 0.05) is 20.4 Å². The van der Waals surface area contributed by atoms with Crippen LogP contribution in [0.2, 0.25) is 25.7 Å². The molecule has 0 spiro atoms. The van der Waals surface area contributed by atoms with E-state index in [2.05, 4.69) is 24.4 Å². The molecule has 3 N–H and O–H groups in total. The van der Waals surface area contributed by atoms with E-state index in [4.69, 9.17) is 4.74 Å². The predicted molar refractivity (Wildman–Crippen MR) is 83.5 cm³/mol. The fourth-order valence-corrected chi connectivity index (χ4v) is 7.20. The van der Waals surface area contributed by atoms with Crippen LogP contribution in [0, 0.1) is 5.92 Å². The second kappa shape index (κ2) is 6.20. The molecule has 128 valence electrons. The molecule has 1 aliphatic carbocycles. The summed E-state index contributed by atoms with van der Waals surface area (Å²) in [5, 5.41) is 19.8. The first-order valence-corrected chi connectivity index (χ1v) is 12.9. The van der Waals surface area contributed by atoms with Crippen molar-refractivity contribution < 1.29 is 28.2 Å². The van der Waals surface area contributed by atoms with Crippen LogP contribution in [0.4, 0.5) is 0 Å². The molecular weight excluding hydrogens is 326 g/mol. The highest BCUT2D eigenvalue weighted by atomic mass is 32.2. The van der Waals surface area contributed by atoms with E-state index in [-0.39, 0.29) is 12.2 Å². The molecule has 9 heteroatoms. The van der Waals surface area contributed by atoms with Gasteiger partial charge in [0.2, 0.25) is 10.0 Å². The third-order valence-electron chi connectivity index (χ3n) is 4.26. The molecule has 1 aliphatic heterocycles. The molecule has 0 aromatic rings. The molecule has 22 heavy (non-hydrogen) atoms. The Bertz CT molecular complexity index is 531. The molecule has 1 saturated heterocycles. The SMILES string of the molecule is C[Si](C)(C)CCS(=O)(=O)NC1C(=O)OC2CC(O)C(O)C1C2. The van der Waals surface area contributed by atoms with E-state index in [1.807, 2.05) is 0 Å². The van der Waals surface area contributed by atoms with Gasteiger partial charge < -0.3 is 14.9 Å². The minimum absolute atomic E-state index is 0.0404. The van der Waals surface area contributed by atoms with Crippen molar-refractivity contribution in [2.75, 3.05) is 5.75 Å². The van der Waals surface area contributed by atoms with E-state index in [0.717, 1.165) is 0 Å². The van der Waals surface area contributed by atoms with Crippen molar-refractivity contribution in [1.82, 2.24) is 4.72 Å². The average molecular weight is 351 g/mol. The van der Waals surface area contributed by atoms with Crippen LogP contribution in [0.5, 0.6) is 0 Å². The van der Waals surface area contributed by atoms with Gasteiger partial charge in [-0.2, -0.15) is 0 Å². The Balaban J connectivity index is 2.08. The zero-order valence-electron chi connectivity index (χ0n) is 13.2. The lowest BCUT2D eigenvalue weighted by atomic mass is 9.77. The molecule has 0 radical (unpaired) electrons. The molecule has 5 atom stereocenters. The Morgan fingerprint density at radius 1 is 1.27 bits per heavy atom. The summed E-state index contributed by atoms with van der Waals surface area (Å²) in [6.45, 7) is 6.22. The Morgan fingerprint density at radius 3 is 2.50 bits per heavy atom. The first kappa shape index (κ1) is 17.9. The molecular formula is C13H25NO6SSi. The molecule has 5 unspecified atom stereocenters. The number of rotatable bonds is 5. The smallest absolute Gasteiger partial charge is 0.324 e. The normalized spacial score (nSPS) is 36.0. The maximum atomic E-state index is 12.2. The number of carbonyl (C=O) groups excluding carboxylic acids is 1. The Kier molecular flexibility index (Phi) is 5.03. The van der Waals surface area contributed by atoms with Crippen LogP contribution in [-0.4, -0.2) is 62.8 Å². The zero-order chi connectivity index (χ0) is 16.7. The largest absolute Gasteiger partial charge is 0.461 e. The quantitative estimate of drug-likeness (QED) is 0.462. The third-order valence-corrected chi connectivity index (χ3v) is 7.73. The second-order valence-corrected chi connectivity index (χ2v) is 15.0. The molecule has 2 aliphatic rings. The number of nitrogens with one attached hydrogen (secondary N) is 1. The van der Waals surface area contributed by atoms with Crippen molar-refractivity contribution in [2.24, 2.45) is 5.92 Å². The standard InChI is InChI=1S/C13H25NO6SSi/c1-22(2,3)5-4-21(18,19)14-11-9-6-8(20-13(11)17)7-10(15)12(9)16/h8-12,14-16H,4-7H2,1-3H3. The van der Waals surface area contributed by atoms with Crippen molar-refractivity contribution in [3.05, 3.63) is 0 Å². The van der Waals surface area contributed by atoms with Gasteiger partial charge in [-0.15, -0.1) is 0 Å². The van der Waals surface area contributed by atoms with Gasteiger partial charge in [0.1, 0.15) is 12.1 Å². The lowest BCUT2D eigenvalue weighted by Gasteiger charge is -2.43. The summed E-state index contributed by atoms with van der Waals surface area (Å²) in [6, 6.07) is -0.532.